The van der Waals surface area contributed by atoms with Crippen molar-refractivity contribution in [1.82, 2.24) is 0 Å². The third-order valence-electron chi connectivity index (χ3n) is 1.26. The maximum atomic E-state index is 5.34. The Bertz CT molecular complexity index is 288. The monoisotopic (exact) mass is 500 g/mol. The highest BCUT2D eigenvalue weighted by Crippen LogP contribution is 2.40. The third kappa shape index (κ3) is 3.17. The van der Waals surface area contributed by atoms with Crippen LogP contribution in [0.5, 0.6) is 0 Å². The standard InChI is InChI=1S/C6H4Br4N2.BrH/c7-2-1-3(8)5(10)6(12-11)4(2)9;/h1,12H,11H2;1H. The molecule has 3 N–H and O–H groups in total. The van der Waals surface area contributed by atoms with Crippen LogP contribution in [0.3, 0.4) is 0 Å². The zero-order valence-corrected chi connectivity index (χ0v) is 14.1. The lowest BCUT2D eigenvalue weighted by molar-refractivity contribution is 1.31. The summed E-state index contributed by atoms with van der Waals surface area (Å²) >= 11 is 13.5. The Labute approximate surface area is 120 Å². The number of hydrazine groups is 1. The zero-order valence-electron chi connectivity index (χ0n) is 6.07. The van der Waals surface area contributed by atoms with Crippen LogP contribution in [0, 0.1) is 0 Å². The molecule has 1 aromatic rings. The Morgan fingerprint density at radius 1 is 1.00 bits per heavy atom. The van der Waals surface area contributed by atoms with Gasteiger partial charge < -0.3 is 5.43 Å². The van der Waals surface area contributed by atoms with Crippen LogP contribution in [0.4, 0.5) is 5.69 Å². The largest absolute Gasteiger partial charge is 0.322 e. The van der Waals surface area contributed by atoms with E-state index in [4.69, 9.17) is 5.84 Å². The number of nitrogens with one attached hydrogen (secondary N) is 1. The normalized spacial score (nSPS) is 9.31. The van der Waals surface area contributed by atoms with Crippen molar-refractivity contribution in [2.45, 2.75) is 0 Å². The van der Waals surface area contributed by atoms with Gasteiger partial charge in [0.25, 0.3) is 0 Å². The number of hydrogen-bond donors (Lipinski definition) is 2. The van der Waals surface area contributed by atoms with Gasteiger partial charge in [-0.3, -0.25) is 5.84 Å². The minimum absolute atomic E-state index is 0. The van der Waals surface area contributed by atoms with Crippen molar-refractivity contribution in [3.05, 3.63) is 24.0 Å². The van der Waals surface area contributed by atoms with Crippen molar-refractivity contribution in [2.24, 2.45) is 5.84 Å². The van der Waals surface area contributed by atoms with E-state index in [2.05, 4.69) is 69.1 Å². The molecule has 0 radical (unpaired) electrons. The van der Waals surface area contributed by atoms with E-state index in [0.29, 0.717) is 0 Å². The van der Waals surface area contributed by atoms with Gasteiger partial charge in [0.05, 0.1) is 14.6 Å². The highest BCUT2D eigenvalue weighted by Gasteiger charge is 2.10. The van der Waals surface area contributed by atoms with Crippen molar-refractivity contribution in [1.29, 1.82) is 0 Å². The lowest BCUT2D eigenvalue weighted by Crippen LogP contribution is -2.08. The minimum atomic E-state index is 0. The van der Waals surface area contributed by atoms with Crippen LogP contribution >= 0.6 is 80.7 Å². The topological polar surface area (TPSA) is 38.0 Å². The second-order valence-electron chi connectivity index (χ2n) is 1.99. The number of rotatable bonds is 1. The van der Waals surface area contributed by atoms with Gasteiger partial charge in [-0.1, -0.05) is 0 Å². The molecular formula is C6H5Br5N2. The van der Waals surface area contributed by atoms with Gasteiger partial charge in [-0.25, -0.2) is 0 Å². The molecule has 0 spiro atoms. The first-order chi connectivity index (χ1) is 5.57. The lowest BCUT2D eigenvalue weighted by Gasteiger charge is -2.09. The molecule has 2 nitrogen and oxygen atoms in total. The molecule has 1 aromatic carbocycles. The van der Waals surface area contributed by atoms with E-state index in [1.807, 2.05) is 6.07 Å². The van der Waals surface area contributed by atoms with Gasteiger partial charge in [0.15, 0.2) is 0 Å². The maximum absolute atomic E-state index is 5.34. The van der Waals surface area contributed by atoms with E-state index in [0.717, 1.165) is 23.6 Å². The molecule has 0 fully saturated rings. The third-order valence-corrected chi connectivity index (χ3v) is 5.22. The molecule has 0 unspecified atom stereocenters. The second kappa shape index (κ2) is 6.07. The quantitative estimate of drug-likeness (QED) is 0.333. The summed E-state index contributed by atoms with van der Waals surface area (Å²) in [5.74, 6) is 5.34. The van der Waals surface area contributed by atoms with Crippen molar-refractivity contribution in [2.75, 3.05) is 5.43 Å². The van der Waals surface area contributed by atoms with Crippen LogP contribution in [0.25, 0.3) is 0 Å². The Morgan fingerprint density at radius 2 is 1.38 bits per heavy atom. The smallest absolute Gasteiger partial charge is 0.0794 e. The van der Waals surface area contributed by atoms with Crippen LogP contribution in [-0.4, -0.2) is 0 Å². The van der Waals surface area contributed by atoms with E-state index in [1.165, 1.54) is 0 Å². The summed E-state index contributed by atoms with van der Waals surface area (Å²) < 4.78 is 3.65. The molecule has 0 atom stereocenters. The number of nitrogen functional groups attached to an aromatic ring is 1. The molecule has 0 saturated carbocycles. The van der Waals surface area contributed by atoms with E-state index in [1.54, 1.807) is 0 Å². The van der Waals surface area contributed by atoms with Gasteiger partial charge in [-0.15, -0.1) is 17.0 Å². The van der Waals surface area contributed by atoms with Gasteiger partial charge >= 0.3 is 0 Å². The average Bonchev–Trinajstić information content (AvgIpc) is 2.02. The number of anilines is 1. The summed E-state index contributed by atoms with van der Waals surface area (Å²) in [6.45, 7) is 0. The predicted molar refractivity (Wildman–Crippen MR) is 75.4 cm³/mol. The summed E-state index contributed by atoms with van der Waals surface area (Å²) in [5, 5.41) is 0. The Hall–Kier alpha value is 1.38. The highest BCUT2D eigenvalue weighted by molar-refractivity contribution is 9.14. The lowest BCUT2D eigenvalue weighted by atomic mass is 10.3. The number of halogens is 5. The van der Waals surface area contributed by atoms with E-state index < -0.39 is 0 Å². The van der Waals surface area contributed by atoms with Crippen LogP contribution in [0.2, 0.25) is 0 Å². The average molecular weight is 505 g/mol. The molecular weight excluding hydrogens is 500 g/mol. The van der Waals surface area contributed by atoms with E-state index in [-0.39, 0.29) is 17.0 Å². The first-order valence-corrected chi connectivity index (χ1v) is 6.04. The molecule has 0 heterocycles. The molecule has 1 rings (SSSR count). The molecule has 0 saturated heterocycles. The first kappa shape index (κ1) is 14.4. The number of benzene rings is 1. The molecule has 0 aliphatic heterocycles. The summed E-state index contributed by atoms with van der Waals surface area (Å²) in [4.78, 5) is 0. The van der Waals surface area contributed by atoms with Crippen LogP contribution in [-0.2, 0) is 0 Å². The fourth-order valence-electron chi connectivity index (χ4n) is 0.700. The predicted octanol–water partition coefficient (Wildman–Crippen LogP) is 4.60. The Balaban J connectivity index is 0.00000144. The summed E-state index contributed by atoms with van der Waals surface area (Å²) in [6, 6.07) is 1.93. The minimum Gasteiger partial charge on any atom is -0.322 e. The molecule has 13 heavy (non-hydrogen) atoms. The maximum Gasteiger partial charge on any atom is 0.0794 e. The van der Waals surface area contributed by atoms with Gasteiger partial charge in [-0.2, -0.15) is 0 Å². The zero-order chi connectivity index (χ0) is 9.30. The van der Waals surface area contributed by atoms with E-state index >= 15 is 0 Å². The molecule has 0 bridgehead atoms. The van der Waals surface area contributed by atoms with Crippen molar-refractivity contribution in [3.8, 4) is 0 Å². The fraction of sp³-hybridized carbons (Fsp3) is 0. The summed E-state index contributed by atoms with van der Waals surface area (Å²) in [5.41, 5.74) is 3.39. The molecule has 0 aromatic heterocycles. The van der Waals surface area contributed by atoms with Gasteiger partial charge in [-0.05, 0) is 69.8 Å². The van der Waals surface area contributed by atoms with Gasteiger partial charge in [0.1, 0.15) is 0 Å². The Morgan fingerprint density at radius 3 is 1.69 bits per heavy atom. The van der Waals surface area contributed by atoms with Crippen molar-refractivity contribution >= 4 is 86.4 Å². The van der Waals surface area contributed by atoms with Crippen LogP contribution in [0.1, 0.15) is 0 Å². The number of nitrogens with two attached hydrogens (primary N) is 1. The second-order valence-corrected chi connectivity index (χ2v) is 5.28. The fourth-order valence-corrected chi connectivity index (χ4v) is 2.98. The molecule has 7 heteroatoms. The van der Waals surface area contributed by atoms with E-state index in [9.17, 15) is 0 Å². The summed E-state index contributed by atoms with van der Waals surface area (Å²) in [6.07, 6.45) is 0. The van der Waals surface area contributed by atoms with Crippen LogP contribution < -0.4 is 11.3 Å². The Kier molecular flexibility index (Phi) is 6.71. The molecule has 74 valence electrons. The SMILES string of the molecule is Br.NNc1c(Br)c(Br)cc(Br)c1Br. The summed E-state index contributed by atoms with van der Waals surface area (Å²) in [7, 11) is 0. The molecule has 0 aliphatic carbocycles. The van der Waals surface area contributed by atoms with Crippen LogP contribution in [0.15, 0.2) is 24.0 Å². The molecule has 0 aliphatic rings. The molecule has 0 amide bonds. The highest BCUT2D eigenvalue weighted by atomic mass is 79.9. The number of hydrogen-bond acceptors (Lipinski definition) is 2. The first-order valence-electron chi connectivity index (χ1n) is 2.87. The van der Waals surface area contributed by atoms with Gasteiger partial charge in [0, 0.05) is 8.95 Å². The van der Waals surface area contributed by atoms with Crippen molar-refractivity contribution < 1.29 is 0 Å². The van der Waals surface area contributed by atoms with Crippen molar-refractivity contribution in [3.63, 3.8) is 0 Å². The van der Waals surface area contributed by atoms with Gasteiger partial charge in [0.2, 0.25) is 0 Å².